The molecule has 27 heteroatoms. The van der Waals surface area contributed by atoms with Crippen molar-refractivity contribution in [2.45, 2.75) is 107 Å². The quantitative estimate of drug-likeness (QED) is 0.0138. The molecule has 4 heterocycles. The summed E-state index contributed by atoms with van der Waals surface area (Å²) >= 11 is 1.86. The minimum atomic E-state index is -0.844. The first-order chi connectivity index (χ1) is 36.9. The lowest BCUT2D eigenvalue weighted by molar-refractivity contribution is -0.393. The summed E-state index contributed by atoms with van der Waals surface area (Å²) in [6.45, 7) is 4.09. The fourth-order valence-corrected chi connectivity index (χ4v) is 9.96. The Morgan fingerprint density at radius 1 is 0.789 bits per heavy atom. The Kier molecular flexibility index (Phi) is 24.4. The van der Waals surface area contributed by atoms with Gasteiger partial charge in [0.15, 0.2) is 5.52 Å². The van der Waals surface area contributed by atoms with Gasteiger partial charge in [0.2, 0.25) is 17.7 Å². The number of nitro groups is 2. The third kappa shape index (κ3) is 20.0. The van der Waals surface area contributed by atoms with Gasteiger partial charge in [0.1, 0.15) is 18.3 Å². The normalized spacial score (nSPS) is 16.1. The third-order valence-electron chi connectivity index (χ3n) is 12.4. The number of hydrogen-bond acceptors (Lipinski definition) is 18. The molecule has 4 aromatic rings. The summed E-state index contributed by atoms with van der Waals surface area (Å²) in [4.78, 5) is 85.7. The monoisotopic (exact) mass is 1080 g/mol. The molecule has 26 nitrogen and oxygen atoms in total. The molecule has 76 heavy (non-hydrogen) atoms. The number of non-ortho nitro benzene ring substituents is 1. The molecule has 0 spiro atoms. The second-order valence-electron chi connectivity index (χ2n) is 18.1. The van der Waals surface area contributed by atoms with Crippen molar-refractivity contribution in [1.82, 2.24) is 41.5 Å². The van der Waals surface area contributed by atoms with Gasteiger partial charge in [0.25, 0.3) is 22.9 Å². The average molecular weight is 1080 g/mol. The number of urea groups is 1. The molecule has 0 radical (unpaired) electrons. The van der Waals surface area contributed by atoms with E-state index in [1.54, 1.807) is 0 Å². The van der Waals surface area contributed by atoms with Crippen LogP contribution in [0.4, 0.5) is 27.8 Å². The highest BCUT2D eigenvalue weighted by Gasteiger charge is 2.42. The highest BCUT2D eigenvalue weighted by Crippen LogP contribution is 2.33. The predicted molar refractivity (Wildman–Crippen MR) is 280 cm³/mol. The minimum Gasteiger partial charge on any atom is -0.461 e. The number of benzene rings is 2. The van der Waals surface area contributed by atoms with Gasteiger partial charge >= 0.3 is 12.0 Å². The van der Waals surface area contributed by atoms with E-state index >= 15 is 0 Å². The molecule has 4 atom stereocenters. The highest BCUT2D eigenvalue weighted by atomic mass is 32.2. The summed E-state index contributed by atoms with van der Waals surface area (Å²) in [6, 6.07) is 10.6. The maximum atomic E-state index is 13.3. The number of amides is 5. The van der Waals surface area contributed by atoms with Crippen LogP contribution in [0.1, 0.15) is 81.8 Å². The van der Waals surface area contributed by atoms with Crippen molar-refractivity contribution in [3.8, 4) is 5.88 Å². The van der Waals surface area contributed by atoms with Crippen molar-refractivity contribution in [2.75, 3.05) is 82.7 Å². The fourth-order valence-electron chi connectivity index (χ4n) is 8.42. The first kappa shape index (κ1) is 58.3. The molecular formula is C49H70N13O13S+. The number of H-pyrrole nitrogens is 2. The van der Waals surface area contributed by atoms with Crippen molar-refractivity contribution >= 4 is 69.7 Å². The Balaban J connectivity index is 0.790. The maximum Gasteiger partial charge on any atom is 0.392 e. The molecule has 2 aromatic carbocycles. The lowest BCUT2D eigenvalue weighted by Gasteiger charge is -2.19. The highest BCUT2D eigenvalue weighted by molar-refractivity contribution is 8.00. The number of imidazole rings is 1. The van der Waals surface area contributed by atoms with Crippen LogP contribution in [0.5, 0.6) is 5.88 Å². The van der Waals surface area contributed by atoms with E-state index in [0.717, 1.165) is 42.2 Å². The fraction of sp³-hybridized carbons (Fsp3) is 0.571. The Morgan fingerprint density at radius 2 is 1.49 bits per heavy atom. The molecule has 2 fully saturated rings. The van der Waals surface area contributed by atoms with Gasteiger partial charge in [0, 0.05) is 49.5 Å². The van der Waals surface area contributed by atoms with Crippen LogP contribution in [-0.2, 0) is 46.5 Å². The van der Waals surface area contributed by atoms with Crippen molar-refractivity contribution in [3.05, 3.63) is 80.1 Å². The van der Waals surface area contributed by atoms with Gasteiger partial charge in [0.05, 0.1) is 87.2 Å². The lowest BCUT2D eigenvalue weighted by Crippen LogP contribution is -2.47. The number of aromatic amines is 2. The summed E-state index contributed by atoms with van der Waals surface area (Å²) in [5, 5.41) is 40.5. The van der Waals surface area contributed by atoms with E-state index in [-0.39, 0.29) is 80.0 Å². The molecule has 0 bridgehead atoms. The number of nitrogens with two attached hydrogens (primary N) is 1. The first-order valence-electron chi connectivity index (χ1n) is 25.7. The predicted octanol–water partition coefficient (Wildman–Crippen LogP) is 3.60. The SMILES string of the molecule is Nc1nc2nc[nH]c2c(OCc2ccc(COCCOCCOCCOCCNC(=O)C(CCCCNc3ccc([N+](=O)[O-])cc3[N+](=O)[O-])NC(=O)CCCCCNC(=O)CCCC[C@H]3SC[C@H]4NC(=O)N[C@H]43)cc2)[nH+]1. The molecule has 0 aliphatic carbocycles. The van der Waals surface area contributed by atoms with E-state index in [4.69, 9.17) is 29.4 Å². The van der Waals surface area contributed by atoms with Crippen LogP contribution in [0, 0.1) is 20.2 Å². The topological polar surface area (TPSA) is 355 Å². The van der Waals surface area contributed by atoms with Gasteiger partial charge in [-0.1, -0.05) is 37.1 Å². The van der Waals surface area contributed by atoms with Gasteiger partial charge in [-0.05, 0) is 67.1 Å². The third-order valence-corrected chi connectivity index (χ3v) is 13.9. The number of hydrogen-bond donors (Lipinski definition) is 8. The molecule has 6 rings (SSSR count). The molecule has 10 N–H and O–H groups in total. The lowest BCUT2D eigenvalue weighted by atomic mass is 10.0. The van der Waals surface area contributed by atoms with Crippen LogP contribution in [0.25, 0.3) is 11.2 Å². The molecule has 414 valence electrons. The second-order valence-corrected chi connectivity index (χ2v) is 19.4. The summed E-state index contributed by atoms with van der Waals surface area (Å²) < 4.78 is 28.5. The summed E-state index contributed by atoms with van der Waals surface area (Å²) in [5.74, 6) is 0.893. The summed E-state index contributed by atoms with van der Waals surface area (Å²) in [7, 11) is 0. The van der Waals surface area contributed by atoms with Crippen LogP contribution >= 0.6 is 11.8 Å². The standard InChI is InChI=1S/C49H69N13O13S/c50-48-59-45-44(54-32-55-45)47(60-48)75-30-34-14-12-33(13-15-34)29-74-27-26-73-25-24-72-23-22-71-21-20-53-46(65)37(8-5-7-18-51-36-17-16-35(61(67)68)28-39(36)62(69)70)56-42(64)11-2-1-6-19-52-41(63)10-4-3-9-40-43-38(31-76-40)57-49(66)58-43/h12-17,28,32,37-38,40,43,51H,1-11,18-27,29-31H2,(H,52,63)(H,53,65)(H,56,64)(H2,57,58,66)(H3,50,54,55,59,60)/p+1/t37?,38-,40-,43-/m1/s1. The zero-order chi connectivity index (χ0) is 53.9. The number of nitro benzene ring substituents is 2. The van der Waals surface area contributed by atoms with Gasteiger partial charge in [-0.3, -0.25) is 40.3 Å². The number of aromatic nitrogens is 4. The van der Waals surface area contributed by atoms with Crippen LogP contribution in [0.2, 0.25) is 0 Å². The van der Waals surface area contributed by atoms with Gasteiger partial charge in [-0.2, -0.15) is 11.8 Å². The number of anilines is 2. The molecule has 5 amide bonds. The van der Waals surface area contributed by atoms with E-state index in [2.05, 4.69) is 51.8 Å². The van der Waals surface area contributed by atoms with Crippen LogP contribution in [0.15, 0.2) is 48.8 Å². The molecule has 1 unspecified atom stereocenters. The summed E-state index contributed by atoms with van der Waals surface area (Å²) in [6.07, 6.45) is 7.98. The molecule has 0 saturated carbocycles. The van der Waals surface area contributed by atoms with Crippen LogP contribution in [0.3, 0.4) is 0 Å². The Hall–Kier alpha value is -6.94. The first-order valence-corrected chi connectivity index (χ1v) is 26.7. The van der Waals surface area contributed by atoms with Gasteiger partial charge < -0.3 is 60.6 Å². The maximum absolute atomic E-state index is 13.3. The molecule has 2 aliphatic rings. The largest absolute Gasteiger partial charge is 0.461 e. The zero-order valence-corrected chi connectivity index (χ0v) is 43.3. The van der Waals surface area contributed by atoms with E-state index in [9.17, 15) is 39.4 Å². The van der Waals surface area contributed by atoms with Crippen molar-refractivity contribution < 1.29 is 57.7 Å². The Labute approximate surface area is 443 Å². The number of nitrogens with zero attached hydrogens (tertiary/aromatic N) is 4. The molecule has 2 saturated heterocycles. The average Bonchev–Trinajstić information content (AvgIpc) is 4.14. The number of ether oxygens (including phenoxy) is 5. The number of nitrogen functional groups attached to an aromatic ring is 1. The smallest absolute Gasteiger partial charge is 0.392 e. The molecule has 2 aliphatic heterocycles. The van der Waals surface area contributed by atoms with E-state index in [1.807, 2.05) is 36.0 Å². The van der Waals surface area contributed by atoms with Gasteiger partial charge in [-0.15, -0.1) is 0 Å². The van der Waals surface area contributed by atoms with E-state index in [1.165, 1.54) is 18.5 Å². The second kappa shape index (κ2) is 31.8. The number of unbranched alkanes of at least 4 members (excludes halogenated alkanes) is 4. The number of thioether (sulfide) groups is 1. The van der Waals surface area contributed by atoms with Gasteiger partial charge in [-0.25, -0.2) is 14.8 Å². The summed E-state index contributed by atoms with van der Waals surface area (Å²) in [5.41, 5.74) is 8.20. The Morgan fingerprint density at radius 3 is 2.24 bits per heavy atom. The van der Waals surface area contributed by atoms with E-state index in [0.29, 0.717) is 120 Å². The minimum absolute atomic E-state index is 0.00964. The number of fused-ring (bicyclic) bond motifs is 2. The van der Waals surface area contributed by atoms with Crippen molar-refractivity contribution in [1.29, 1.82) is 0 Å². The van der Waals surface area contributed by atoms with Crippen molar-refractivity contribution in [2.24, 2.45) is 0 Å². The number of nitrogens with one attached hydrogen (secondary N) is 8. The number of carbonyl (C=O) groups is 4. The number of carbonyl (C=O) groups excluding carboxylic acids is 4. The Bertz CT molecular complexity index is 2510. The molecule has 2 aromatic heterocycles. The van der Waals surface area contributed by atoms with Crippen LogP contribution < -0.4 is 47.4 Å². The number of rotatable bonds is 38. The van der Waals surface area contributed by atoms with E-state index < -0.39 is 27.3 Å². The molecular weight excluding hydrogens is 1010 g/mol. The van der Waals surface area contributed by atoms with Crippen LogP contribution in [-0.4, -0.2) is 144 Å². The zero-order valence-electron chi connectivity index (χ0n) is 42.5. The van der Waals surface area contributed by atoms with Crippen molar-refractivity contribution in [3.63, 3.8) is 0 Å².